The summed E-state index contributed by atoms with van der Waals surface area (Å²) in [6, 6.07) is 11.2. The Bertz CT molecular complexity index is 790. The van der Waals surface area contributed by atoms with Gasteiger partial charge in [0.15, 0.2) is 0 Å². The Morgan fingerprint density at radius 1 is 1.04 bits per heavy atom. The summed E-state index contributed by atoms with van der Waals surface area (Å²) in [5.74, 6) is -0.636. The molecule has 0 aromatic heterocycles. The molecule has 0 spiro atoms. The molecule has 2 aromatic carbocycles. The first-order valence-electron chi connectivity index (χ1n) is 8.13. The lowest BCUT2D eigenvalue weighted by Crippen LogP contribution is -2.33. The average Bonchev–Trinajstić information content (AvgIpc) is 2.61. The fourth-order valence-corrected chi connectivity index (χ4v) is 2.53. The van der Waals surface area contributed by atoms with Gasteiger partial charge in [0.2, 0.25) is 11.8 Å². The third kappa shape index (κ3) is 6.29. The van der Waals surface area contributed by atoms with E-state index < -0.39 is 11.7 Å². The van der Waals surface area contributed by atoms with Crippen molar-refractivity contribution < 1.29 is 22.8 Å². The van der Waals surface area contributed by atoms with Crippen LogP contribution in [0.3, 0.4) is 0 Å². The molecule has 0 heterocycles. The number of benzene rings is 2. The van der Waals surface area contributed by atoms with Gasteiger partial charge in [-0.3, -0.25) is 9.59 Å². The van der Waals surface area contributed by atoms with E-state index in [9.17, 15) is 22.8 Å². The molecule has 1 N–H and O–H groups in total. The summed E-state index contributed by atoms with van der Waals surface area (Å²) < 4.78 is 37.9. The standard InChI is InChI=1S/C19H18ClF3N2O2/c1-13(26)25(17-8-4-15(5-9-17)19(21,22)23)11-10-18(27)24-12-14-2-6-16(20)7-3-14/h2-9H,10-12H2,1H3,(H,24,27). The number of halogens is 4. The van der Waals surface area contributed by atoms with Crippen LogP contribution in [0.1, 0.15) is 24.5 Å². The van der Waals surface area contributed by atoms with Gasteiger partial charge < -0.3 is 10.2 Å². The van der Waals surface area contributed by atoms with Gasteiger partial charge in [-0.25, -0.2) is 0 Å². The number of nitrogens with one attached hydrogen (secondary N) is 1. The fourth-order valence-electron chi connectivity index (χ4n) is 2.40. The van der Waals surface area contributed by atoms with E-state index in [1.807, 2.05) is 0 Å². The van der Waals surface area contributed by atoms with Crippen molar-refractivity contribution in [2.75, 3.05) is 11.4 Å². The van der Waals surface area contributed by atoms with Gasteiger partial charge in [0, 0.05) is 37.1 Å². The van der Waals surface area contributed by atoms with Crippen LogP contribution in [0.4, 0.5) is 18.9 Å². The van der Waals surface area contributed by atoms with Crippen LogP contribution < -0.4 is 10.2 Å². The Morgan fingerprint density at radius 2 is 1.63 bits per heavy atom. The van der Waals surface area contributed by atoms with Crippen molar-refractivity contribution >= 4 is 29.1 Å². The molecule has 0 unspecified atom stereocenters. The summed E-state index contributed by atoms with van der Waals surface area (Å²) in [5.41, 5.74) is 0.385. The van der Waals surface area contributed by atoms with Gasteiger partial charge in [-0.05, 0) is 42.0 Å². The van der Waals surface area contributed by atoms with Crippen LogP contribution in [0, 0.1) is 0 Å². The summed E-state index contributed by atoms with van der Waals surface area (Å²) in [7, 11) is 0. The van der Waals surface area contributed by atoms with Gasteiger partial charge in [0.1, 0.15) is 0 Å². The third-order valence-corrected chi connectivity index (χ3v) is 4.10. The smallest absolute Gasteiger partial charge is 0.352 e. The van der Waals surface area contributed by atoms with Crippen LogP contribution in [0.5, 0.6) is 0 Å². The Morgan fingerprint density at radius 3 is 2.15 bits per heavy atom. The van der Waals surface area contributed by atoms with Gasteiger partial charge in [-0.2, -0.15) is 13.2 Å². The first-order chi connectivity index (χ1) is 12.7. The fraction of sp³-hybridized carbons (Fsp3) is 0.263. The minimum absolute atomic E-state index is 0.0220. The van der Waals surface area contributed by atoms with Crippen molar-refractivity contribution in [1.82, 2.24) is 5.32 Å². The van der Waals surface area contributed by atoms with Gasteiger partial charge in [0.05, 0.1) is 5.56 Å². The van der Waals surface area contributed by atoms with Crippen LogP contribution in [0.25, 0.3) is 0 Å². The number of rotatable bonds is 6. The zero-order valence-electron chi connectivity index (χ0n) is 14.5. The minimum atomic E-state index is -4.44. The molecule has 0 fully saturated rings. The zero-order chi connectivity index (χ0) is 20.0. The summed E-state index contributed by atoms with van der Waals surface area (Å²) in [6.07, 6.45) is -4.42. The number of hydrogen-bond donors (Lipinski definition) is 1. The molecular weight excluding hydrogens is 381 g/mol. The van der Waals surface area contributed by atoms with E-state index in [1.54, 1.807) is 24.3 Å². The molecule has 2 aromatic rings. The highest BCUT2D eigenvalue weighted by molar-refractivity contribution is 6.30. The number of carbonyl (C=O) groups excluding carboxylic acids is 2. The summed E-state index contributed by atoms with van der Waals surface area (Å²) in [5, 5.41) is 3.32. The normalized spacial score (nSPS) is 11.1. The lowest BCUT2D eigenvalue weighted by Gasteiger charge is -2.21. The van der Waals surface area contributed by atoms with E-state index in [0.717, 1.165) is 17.7 Å². The van der Waals surface area contributed by atoms with E-state index >= 15 is 0 Å². The number of amides is 2. The second-order valence-electron chi connectivity index (χ2n) is 5.87. The molecule has 2 rings (SSSR count). The topological polar surface area (TPSA) is 49.4 Å². The molecular formula is C19H18ClF3N2O2. The second-order valence-corrected chi connectivity index (χ2v) is 6.30. The second kappa shape index (κ2) is 8.90. The Kier molecular flexibility index (Phi) is 6.85. The summed E-state index contributed by atoms with van der Waals surface area (Å²) >= 11 is 5.79. The molecule has 8 heteroatoms. The minimum Gasteiger partial charge on any atom is -0.352 e. The molecule has 4 nitrogen and oxygen atoms in total. The van der Waals surface area contributed by atoms with Crippen molar-refractivity contribution in [3.05, 3.63) is 64.7 Å². The zero-order valence-corrected chi connectivity index (χ0v) is 15.3. The SMILES string of the molecule is CC(=O)N(CCC(=O)NCc1ccc(Cl)cc1)c1ccc(C(F)(F)F)cc1. The number of nitrogens with zero attached hydrogens (tertiary/aromatic N) is 1. The molecule has 2 amide bonds. The van der Waals surface area contributed by atoms with Crippen molar-refractivity contribution in [3.63, 3.8) is 0 Å². The quantitative estimate of drug-likeness (QED) is 0.783. The van der Waals surface area contributed by atoms with Gasteiger partial charge in [-0.15, -0.1) is 0 Å². The van der Waals surface area contributed by atoms with Crippen LogP contribution in [0.15, 0.2) is 48.5 Å². The predicted molar refractivity (Wildman–Crippen MR) is 97.4 cm³/mol. The van der Waals surface area contributed by atoms with Crippen molar-refractivity contribution in [2.45, 2.75) is 26.1 Å². The van der Waals surface area contributed by atoms with E-state index in [1.165, 1.54) is 24.0 Å². The average molecular weight is 399 g/mol. The summed E-state index contributed by atoms with van der Waals surface area (Å²) in [6.45, 7) is 1.67. The molecule has 0 saturated heterocycles. The molecule has 27 heavy (non-hydrogen) atoms. The first kappa shape index (κ1) is 20.8. The molecule has 0 aliphatic carbocycles. The van der Waals surface area contributed by atoms with Gasteiger partial charge >= 0.3 is 6.18 Å². The number of carbonyl (C=O) groups is 2. The lowest BCUT2D eigenvalue weighted by molar-refractivity contribution is -0.137. The van der Waals surface area contributed by atoms with Crippen LogP contribution >= 0.6 is 11.6 Å². The van der Waals surface area contributed by atoms with Crippen LogP contribution in [-0.4, -0.2) is 18.4 Å². The number of alkyl halides is 3. The number of anilines is 1. The van der Waals surface area contributed by atoms with Crippen molar-refractivity contribution in [1.29, 1.82) is 0 Å². The molecule has 0 atom stereocenters. The predicted octanol–water partition coefficient (Wildman–Crippen LogP) is 4.42. The molecule has 144 valence electrons. The maximum absolute atomic E-state index is 12.6. The maximum atomic E-state index is 12.6. The largest absolute Gasteiger partial charge is 0.416 e. The summed E-state index contributed by atoms with van der Waals surface area (Å²) in [4.78, 5) is 25.1. The third-order valence-electron chi connectivity index (χ3n) is 3.85. The van der Waals surface area contributed by atoms with E-state index in [-0.39, 0.29) is 24.8 Å². The molecule has 0 aliphatic rings. The highest BCUT2D eigenvalue weighted by Crippen LogP contribution is 2.30. The lowest BCUT2D eigenvalue weighted by atomic mass is 10.2. The molecule has 0 bridgehead atoms. The highest BCUT2D eigenvalue weighted by atomic mass is 35.5. The Hall–Kier alpha value is -2.54. The first-order valence-corrected chi connectivity index (χ1v) is 8.51. The maximum Gasteiger partial charge on any atom is 0.416 e. The molecule has 0 aliphatic heterocycles. The van der Waals surface area contributed by atoms with E-state index in [2.05, 4.69) is 5.32 Å². The van der Waals surface area contributed by atoms with Crippen LogP contribution in [-0.2, 0) is 22.3 Å². The van der Waals surface area contributed by atoms with E-state index in [0.29, 0.717) is 17.3 Å². The van der Waals surface area contributed by atoms with Crippen molar-refractivity contribution in [3.8, 4) is 0 Å². The Balaban J connectivity index is 1.93. The monoisotopic (exact) mass is 398 g/mol. The molecule has 0 saturated carbocycles. The molecule has 0 radical (unpaired) electrons. The Labute approximate surface area is 159 Å². The van der Waals surface area contributed by atoms with Crippen LogP contribution in [0.2, 0.25) is 5.02 Å². The van der Waals surface area contributed by atoms with Gasteiger partial charge in [-0.1, -0.05) is 23.7 Å². The van der Waals surface area contributed by atoms with E-state index in [4.69, 9.17) is 11.6 Å². The highest BCUT2D eigenvalue weighted by Gasteiger charge is 2.30. The van der Waals surface area contributed by atoms with Crippen molar-refractivity contribution in [2.24, 2.45) is 0 Å². The van der Waals surface area contributed by atoms with Gasteiger partial charge in [0.25, 0.3) is 0 Å². The number of hydrogen-bond acceptors (Lipinski definition) is 2.